The number of carbonyl (C=O) groups excluding carboxylic acids is 2. The molecule has 1 aliphatic heterocycles. The zero-order chi connectivity index (χ0) is 19.6. The molecule has 0 aliphatic carbocycles. The van der Waals surface area contributed by atoms with E-state index in [0.717, 1.165) is 11.1 Å². The van der Waals surface area contributed by atoms with Crippen LogP contribution in [0, 0.1) is 12.7 Å². The fraction of sp³-hybridized carbons (Fsp3) is 0.273. The van der Waals surface area contributed by atoms with Gasteiger partial charge in [-0.1, -0.05) is 42.0 Å². The van der Waals surface area contributed by atoms with Gasteiger partial charge in [0, 0.05) is 18.0 Å². The molecule has 1 aliphatic rings. The van der Waals surface area contributed by atoms with E-state index >= 15 is 0 Å². The number of halogens is 1. The smallest absolute Gasteiger partial charge is 0.336 e. The summed E-state index contributed by atoms with van der Waals surface area (Å²) in [4.78, 5) is 26.9. The van der Waals surface area contributed by atoms with Gasteiger partial charge in [-0.05, 0) is 37.1 Å². The first-order chi connectivity index (χ1) is 12.9. The van der Waals surface area contributed by atoms with E-state index in [1.54, 1.807) is 19.1 Å². The van der Waals surface area contributed by atoms with Gasteiger partial charge >= 0.3 is 5.97 Å². The predicted octanol–water partition coefficient (Wildman–Crippen LogP) is 4.10. The molecule has 0 unspecified atom stereocenters. The Labute approximate surface area is 158 Å². The van der Waals surface area contributed by atoms with Crippen molar-refractivity contribution in [3.8, 4) is 0 Å². The van der Waals surface area contributed by atoms with Gasteiger partial charge in [-0.15, -0.1) is 0 Å². The van der Waals surface area contributed by atoms with Crippen molar-refractivity contribution >= 4 is 11.9 Å². The topological polar surface area (TPSA) is 46.6 Å². The second kappa shape index (κ2) is 7.74. The van der Waals surface area contributed by atoms with Gasteiger partial charge in [0.2, 0.25) is 5.91 Å². The van der Waals surface area contributed by atoms with Crippen LogP contribution in [0.5, 0.6) is 0 Å². The van der Waals surface area contributed by atoms with Crippen LogP contribution in [0.4, 0.5) is 4.39 Å². The number of aryl methyl sites for hydroxylation is 1. The van der Waals surface area contributed by atoms with Crippen molar-refractivity contribution in [3.05, 3.63) is 82.3 Å². The van der Waals surface area contributed by atoms with Gasteiger partial charge in [-0.3, -0.25) is 4.79 Å². The van der Waals surface area contributed by atoms with Gasteiger partial charge in [-0.2, -0.15) is 0 Å². The van der Waals surface area contributed by atoms with Crippen molar-refractivity contribution in [2.24, 2.45) is 0 Å². The van der Waals surface area contributed by atoms with Crippen LogP contribution in [0.2, 0.25) is 0 Å². The van der Waals surface area contributed by atoms with Crippen LogP contribution < -0.4 is 0 Å². The Morgan fingerprint density at radius 1 is 1.19 bits per heavy atom. The fourth-order valence-corrected chi connectivity index (χ4v) is 3.57. The molecule has 1 heterocycles. The predicted molar refractivity (Wildman–Crippen MR) is 100 cm³/mol. The summed E-state index contributed by atoms with van der Waals surface area (Å²) in [6.07, 6.45) is 0.167. The van der Waals surface area contributed by atoms with E-state index in [-0.39, 0.29) is 30.6 Å². The van der Waals surface area contributed by atoms with E-state index in [9.17, 15) is 14.0 Å². The van der Waals surface area contributed by atoms with Gasteiger partial charge < -0.3 is 9.64 Å². The number of amides is 1. The summed E-state index contributed by atoms with van der Waals surface area (Å²) < 4.78 is 18.5. The lowest BCUT2D eigenvalue weighted by atomic mass is 9.83. The molecule has 1 amide bonds. The summed E-state index contributed by atoms with van der Waals surface area (Å²) in [6.45, 7) is 3.92. The van der Waals surface area contributed by atoms with Crippen LogP contribution in [0.1, 0.15) is 36.0 Å². The summed E-state index contributed by atoms with van der Waals surface area (Å²) in [5.41, 5.74) is 3.66. The van der Waals surface area contributed by atoms with Crippen LogP contribution in [-0.4, -0.2) is 23.9 Å². The Kier molecular flexibility index (Phi) is 5.40. The van der Waals surface area contributed by atoms with Crippen LogP contribution >= 0.6 is 0 Å². The highest BCUT2D eigenvalue weighted by Crippen LogP contribution is 2.37. The van der Waals surface area contributed by atoms with E-state index in [2.05, 4.69) is 0 Å². The lowest BCUT2D eigenvalue weighted by Crippen LogP contribution is -2.38. The number of hydrogen-bond acceptors (Lipinski definition) is 3. The highest BCUT2D eigenvalue weighted by Gasteiger charge is 2.36. The van der Waals surface area contributed by atoms with Gasteiger partial charge in [0.05, 0.1) is 19.2 Å². The number of hydrogen-bond donors (Lipinski definition) is 0. The Morgan fingerprint density at radius 2 is 1.93 bits per heavy atom. The molecule has 0 spiro atoms. The fourth-order valence-electron chi connectivity index (χ4n) is 3.57. The third-order valence-corrected chi connectivity index (χ3v) is 4.90. The summed E-state index contributed by atoms with van der Waals surface area (Å²) >= 11 is 0. The summed E-state index contributed by atoms with van der Waals surface area (Å²) in [7, 11) is 1.34. The minimum atomic E-state index is -0.448. The first-order valence-corrected chi connectivity index (χ1v) is 8.81. The maximum Gasteiger partial charge on any atom is 0.336 e. The molecule has 4 nitrogen and oxygen atoms in total. The van der Waals surface area contributed by atoms with Gasteiger partial charge in [0.25, 0.3) is 0 Å². The van der Waals surface area contributed by atoms with Crippen LogP contribution in [0.15, 0.2) is 59.8 Å². The number of rotatable bonds is 4. The Morgan fingerprint density at radius 3 is 2.59 bits per heavy atom. The minimum absolute atomic E-state index is 0.101. The monoisotopic (exact) mass is 367 g/mol. The Hall–Kier alpha value is -2.95. The third-order valence-electron chi connectivity index (χ3n) is 4.90. The average molecular weight is 367 g/mol. The van der Waals surface area contributed by atoms with Crippen LogP contribution in [0.3, 0.4) is 0 Å². The Bertz CT molecular complexity index is 919. The zero-order valence-electron chi connectivity index (χ0n) is 15.7. The second-order valence-corrected chi connectivity index (χ2v) is 6.77. The van der Waals surface area contributed by atoms with Gasteiger partial charge in [0.1, 0.15) is 5.82 Å². The van der Waals surface area contributed by atoms with E-state index < -0.39 is 5.97 Å². The summed E-state index contributed by atoms with van der Waals surface area (Å²) in [6, 6.07) is 13.9. The largest absolute Gasteiger partial charge is 0.466 e. The molecule has 2 aromatic carbocycles. The van der Waals surface area contributed by atoms with E-state index in [4.69, 9.17) is 4.74 Å². The first-order valence-electron chi connectivity index (χ1n) is 8.81. The number of esters is 1. The quantitative estimate of drug-likeness (QED) is 0.765. The number of nitrogens with zero attached hydrogens (tertiary/aromatic N) is 1. The van der Waals surface area contributed by atoms with E-state index in [0.29, 0.717) is 16.8 Å². The standard InChI is InChI=1S/C22H22FNO3/c1-14-6-4-8-17(10-14)19-12-20(25)24(15(2)21(19)22(26)27-3)13-16-7-5-9-18(23)11-16/h4-11,19H,12-13H2,1-3H3/t19-/m0/s1. The maximum absolute atomic E-state index is 13.5. The van der Waals surface area contributed by atoms with Crippen molar-refractivity contribution in [2.75, 3.05) is 7.11 Å². The molecule has 27 heavy (non-hydrogen) atoms. The second-order valence-electron chi connectivity index (χ2n) is 6.77. The number of allylic oxidation sites excluding steroid dienone is 1. The van der Waals surface area contributed by atoms with Gasteiger partial charge in [0.15, 0.2) is 0 Å². The number of benzene rings is 2. The molecule has 5 heteroatoms. The molecule has 0 bridgehead atoms. The molecule has 0 saturated heterocycles. The molecule has 2 aromatic rings. The van der Waals surface area contributed by atoms with Crippen molar-refractivity contribution < 1.29 is 18.7 Å². The SMILES string of the molecule is COC(=O)C1=C(C)N(Cc2cccc(F)c2)C(=O)C[C@H]1c1cccc(C)c1. The van der Waals surface area contributed by atoms with Crippen molar-refractivity contribution in [1.82, 2.24) is 4.90 Å². The summed E-state index contributed by atoms with van der Waals surface area (Å²) in [5, 5.41) is 0. The first kappa shape index (κ1) is 18.8. The number of carbonyl (C=O) groups is 2. The molecule has 0 fully saturated rings. The Balaban J connectivity index is 2.03. The molecular weight excluding hydrogens is 345 g/mol. The van der Waals surface area contributed by atoms with Gasteiger partial charge in [-0.25, -0.2) is 9.18 Å². The van der Waals surface area contributed by atoms with E-state index in [1.165, 1.54) is 24.1 Å². The summed E-state index contributed by atoms with van der Waals surface area (Å²) in [5.74, 6) is -1.26. The number of ether oxygens (including phenoxy) is 1. The highest BCUT2D eigenvalue weighted by molar-refractivity contribution is 5.95. The number of methoxy groups -OCH3 is 1. The molecule has 0 N–H and O–H groups in total. The van der Waals surface area contributed by atoms with Crippen molar-refractivity contribution in [1.29, 1.82) is 0 Å². The van der Waals surface area contributed by atoms with Crippen molar-refractivity contribution in [3.63, 3.8) is 0 Å². The molecule has 1 atom stereocenters. The molecule has 3 rings (SSSR count). The van der Waals surface area contributed by atoms with Crippen LogP contribution in [0.25, 0.3) is 0 Å². The third kappa shape index (κ3) is 3.92. The zero-order valence-corrected chi connectivity index (χ0v) is 15.7. The van der Waals surface area contributed by atoms with Crippen LogP contribution in [-0.2, 0) is 20.9 Å². The molecule has 140 valence electrons. The molecule has 0 aromatic heterocycles. The lowest BCUT2D eigenvalue weighted by molar-refractivity contribution is -0.138. The normalized spacial score (nSPS) is 17.3. The molecule has 0 saturated carbocycles. The maximum atomic E-state index is 13.5. The highest BCUT2D eigenvalue weighted by atomic mass is 19.1. The molecule has 0 radical (unpaired) electrons. The van der Waals surface area contributed by atoms with Crippen molar-refractivity contribution in [2.45, 2.75) is 32.7 Å². The lowest BCUT2D eigenvalue weighted by Gasteiger charge is -2.34. The van der Waals surface area contributed by atoms with E-state index in [1.807, 2.05) is 31.2 Å². The average Bonchev–Trinajstić information content (AvgIpc) is 2.64. The minimum Gasteiger partial charge on any atom is -0.466 e. The molecular formula is C22H22FNO3.